The average Bonchev–Trinajstić information content (AvgIpc) is 3.09. The van der Waals surface area contributed by atoms with Crippen LogP contribution in [0.1, 0.15) is 17.5 Å². The number of benzene rings is 1. The molecule has 7 heteroatoms. The Balaban J connectivity index is 1.79. The van der Waals surface area contributed by atoms with Crippen LogP contribution in [-0.4, -0.2) is 26.9 Å². The van der Waals surface area contributed by atoms with Gasteiger partial charge in [-0.15, -0.1) is 11.3 Å². The van der Waals surface area contributed by atoms with Crippen LogP contribution in [0.5, 0.6) is 0 Å². The molecule has 1 atom stereocenters. The number of amides is 1. The summed E-state index contributed by atoms with van der Waals surface area (Å²) in [5.74, 6) is -0.199. The van der Waals surface area contributed by atoms with Gasteiger partial charge >= 0.3 is 0 Å². The Kier molecular flexibility index (Phi) is 4.27. The van der Waals surface area contributed by atoms with E-state index in [4.69, 9.17) is 0 Å². The summed E-state index contributed by atoms with van der Waals surface area (Å²) in [4.78, 5) is 14.2. The second kappa shape index (κ2) is 6.07. The Hall–Kier alpha value is -1.70. The molecule has 23 heavy (non-hydrogen) atoms. The predicted octanol–water partition coefficient (Wildman–Crippen LogP) is 2.45. The van der Waals surface area contributed by atoms with Crippen molar-refractivity contribution in [1.82, 2.24) is 4.72 Å². The van der Waals surface area contributed by atoms with Crippen molar-refractivity contribution in [3.05, 3.63) is 46.8 Å². The minimum atomic E-state index is -3.63. The first-order chi connectivity index (χ1) is 10.9. The van der Waals surface area contributed by atoms with E-state index in [1.54, 1.807) is 16.3 Å². The number of hydrogen-bond acceptors (Lipinski definition) is 4. The number of carbonyl (C=O) groups is 1. The van der Waals surface area contributed by atoms with Crippen LogP contribution in [0.4, 0.5) is 5.69 Å². The molecule has 1 amide bonds. The fourth-order valence-electron chi connectivity index (χ4n) is 2.81. The molecule has 0 radical (unpaired) electrons. The van der Waals surface area contributed by atoms with E-state index in [-0.39, 0.29) is 10.1 Å². The van der Waals surface area contributed by atoms with Crippen molar-refractivity contribution in [2.75, 3.05) is 11.4 Å². The summed E-state index contributed by atoms with van der Waals surface area (Å²) in [6, 6.07) is 8.44. The van der Waals surface area contributed by atoms with Gasteiger partial charge in [-0.2, -0.15) is 4.72 Å². The zero-order valence-corrected chi connectivity index (χ0v) is 14.6. The summed E-state index contributed by atoms with van der Waals surface area (Å²) in [6.07, 6.45) is 0.469. The van der Waals surface area contributed by atoms with Crippen LogP contribution in [0.3, 0.4) is 0 Å². The van der Waals surface area contributed by atoms with E-state index in [9.17, 15) is 13.2 Å². The highest BCUT2D eigenvalue weighted by Crippen LogP contribution is 2.25. The second-order valence-corrected chi connectivity index (χ2v) is 8.62. The molecule has 0 bridgehead atoms. The molecule has 2 heterocycles. The normalized spacial score (nSPS) is 18.6. The molecule has 2 aromatic rings. The number of hydrogen-bond donors (Lipinski definition) is 1. The van der Waals surface area contributed by atoms with Crippen molar-refractivity contribution in [3.8, 4) is 0 Å². The maximum absolute atomic E-state index is 12.6. The molecule has 1 aliphatic rings. The maximum atomic E-state index is 12.6. The summed E-state index contributed by atoms with van der Waals surface area (Å²) in [5, 5.41) is 1.70. The maximum Gasteiger partial charge on any atom is 0.250 e. The highest BCUT2D eigenvalue weighted by atomic mass is 32.2. The lowest BCUT2D eigenvalue weighted by molar-refractivity contribution is -0.118. The van der Waals surface area contributed by atoms with Crippen molar-refractivity contribution in [2.45, 2.75) is 30.5 Å². The van der Waals surface area contributed by atoms with Gasteiger partial charge in [0, 0.05) is 12.2 Å². The third-order valence-electron chi connectivity index (χ3n) is 3.78. The number of aryl methyl sites for hydroxylation is 2. The van der Waals surface area contributed by atoms with Crippen LogP contribution in [-0.2, 0) is 14.8 Å². The lowest BCUT2D eigenvalue weighted by atomic mass is 10.1. The molecule has 0 saturated carbocycles. The van der Waals surface area contributed by atoms with Crippen LogP contribution in [0, 0.1) is 13.8 Å². The van der Waals surface area contributed by atoms with Crippen molar-refractivity contribution >= 4 is 33.0 Å². The number of carbonyl (C=O) groups excluding carboxylic acids is 1. The molecule has 5 nitrogen and oxygen atoms in total. The van der Waals surface area contributed by atoms with Crippen LogP contribution in [0.25, 0.3) is 0 Å². The number of sulfonamides is 1. The summed E-state index contributed by atoms with van der Waals surface area (Å²) in [6.45, 7) is 4.47. The molecule has 1 saturated heterocycles. The number of anilines is 1. The van der Waals surface area contributed by atoms with E-state index in [0.717, 1.165) is 28.2 Å². The third kappa shape index (κ3) is 3.31. The number of nitrogens with zero attached hydrogens (tertiary/aromatic N) is 1. The minimum Gasteiger partial charge on any atom is -0.311 e. The number of thiophene rings is 1. The van der Waals surface area contributed by atoms with Gasteiger partial charge in [0.25, 0.3) is 10.0 Å². The lowest BCUT2D eigenvalue weighted by Crippen LogP contribution is -2.41. The van der Waals surface area contributed by atoms with E-state index < -0.39 is 16.1 Å². The van der Waals surface area contributed by atoms with E-state index in [1.807, 2.05) is 32.0 Å². The first-order valence-electron chi connectivity index (χ1n) is 7.32. The molecule has 3 rings (SSSR count). The Labute approximate surface area is 140 Å². The van der Waals surface area contributed by atoms with Gasteiger partial charge < -0.3 is 4.90 Å². The van der Waals surface area contributed by atoms with Gasteiger partial charge in [-0.3, -0.25) is 4.79 Å². The van der Waals surface area contributed by atoms with Gasteiger partial charge in [0.15, 0.2) is 0 Å². The number of nitrogens with one attached hydrogen (secondary N) is 1. The molecule has 122 valence electrons. The molecule has 1 aromatic heterocycles. The Morgan fingerprint density at radius 2 is 1.91 bits per heavy atom. The van der Waals surface area contributed by atoms with E-state index >= 15 is 0 Å². The fourth-order valence-corrected chi connectivity index (χ4v) is 5.05. The summed E-state index contributed by atoms with van der Waals surface area (Å²) < 4.78 is 27.3. The van der Waals surface area contributed by atoms with Crippen LogP contribution < -0.4 is 9.62 Å². The first-order valence-corrected chi connectivity index (χ1v) is 9.68. The smallest absolute Gasteiger partial charge is 0.250 e. The number of rotatable bonds is 4. The van der Waals surface area contributed by atoms with Gasteiger partial charge in [0.2, 0.25) is 5.91 Å². The van der Waals surface area contributed by atoms with Crippen molar-refractivity contribution in [3.63, 3.8) is 0 Å². The van der Waals surface area contributed by atoms with Gasteiger partial charge in [-0.1, -0.05) is 12.1 Å². The highest BCUT2D eigenvalue weighted by Gasteiger charge is 2.36. The standard InChI is InChI=1S/C16H18N2O3S2/c1-11-8-12(2)10-13(9-11)18-6-5-14(16(18)19)17-23(20,21)15-4-3-7-22-15/h3-4,7-10,14,17H,5-6H2,1-2H3. The summed E-state index contributed by atoms with van der Waals surface area (Å²) in [5.41, 5.74) is 2.98. The molecule has 0 aliphatic carbocycles. The van der Waals surface area contributed by atoms with Gasteiger partial charge in [-0.25, -0.2) is 8.42 Å². The zero-order chi connectivity index (χ0) is 16.6. The lowest BCUT2D eigenvalue weighted by Gasteiger charge is -2.18. The molecule has 1 aliphatic heterocycles. The van der Waals surface area contributed by atoms with Gasteiger partial charge in [0.05, 0.1) is 0 Å². The van der Waals surface area contributed by atoms with E-state index in [1.165, 1.54) is 6.07 Å². The zero-order valence-electron chi connectivity index (χ0n) is 12.9. The summed E-state index contributed by atoms with van der Waals surface area (Å²) in [7, 11) is -3.63. The molecule has 1 fully saturated rings. The first kappa shape index (κ1) is 16.2. The van der Waals surface area contributed by atoms with Gasteiger partial charge in [0.1, 0.15) is 10.3 Å². The summed E-state index contributed by atoms with van der Waals surface area (Å²) >= 11 is 1.14. The highest BCUT2D eigenvalue weighted by molar-refractivity contribution is 7.91. The van der Waals surface area contributed by atoms with Crippen LogP contribution in [0.15, 0.2) is 39.9 Å². The predicted molar refractivity (Wildman–Crippen MR) is 91.3 cm³/mol. The average molecular weight is 350 g/mol. The largest absolute Gasteiger partial charge is 0.311 e. The van der Waals surface area contributed by atoms with Gasteiger partial charge in [-0.05, 0) is 55.0 Å². The SMILES string of the molecule is Cc1cc(C)cc(N2CCC(NS(=O)(=O)c3cccs3)C2=O)c1. The molecule has 1 aromatic carbocycles. The minimum absolute atomic E-state index is 0.199. The fraction of sp³-hybridized carbons (Fsp3) is 0.312. The molecular formula is C16H18N2O3S2. The Morgan fingerprint density at radius 3 is 2.52 bits per heavy atom. The van der Waals surface area contributed by atoms with E-state index in [2.05, 4.69) is 4.72 Å². The van der Waals surface area contributed by atoms with Crippen molar-refractivity contribution in [2.24, 2.45) is 0 Å². The van der Waals surface area contributed by atoms with Crippen molar-refractivity contribution in [1.29, 1.82) is 0 Å². The molecule has 1 N–H and O–H groups in total. The quantitative estimate of drug-likeness (QED) is 0.921. The van der Waals surface area contributed by atoms with Crippen LogP contribution >= 0.6 is 11.3 Å². The van der Waals surface area contributed by atoms with Crippen molar-refractivity contribution < 1.29 is 13.2 Å². The third-order valence-corrected chi connectivity index (χ3v) is 6.65. The molecule has 0 spiro atoms. The Bertz CT molecular complexity index is 809. The second-order valence-electron chi connectivity index (χ2n) is 5.73. The monoisotopic (exact) mass is 350 g/mol. The van der Waals surface area contributed by atoms with E-state index in [0.29, 0.717) is 13.0 Å². The Morgan fingerprint density at radius 1 is 1.22 bits per heavy atom. The van der Waals surface area contributed by atoms with Crippen LogP contribution in [0.2, 0.25) is 0 Å². The molecular weight excluding hydrogens is 332 g/mol. The molecule has 1 unspecified atom stereocenters. The topological polar surface area (TPSA) is 66.5 Å².